The van der Waals surface area contributed by atoms with Crippen LogP contribution in [0.15, 0.2) is 22.7 Å². The fourth-order valence-corrected chi connectivity index (χ4v) is 2.02. The van der Waals surface area contributed by atoms with E-state index in [0.29, 0.717) is 16.8 Å². The lowest BCUT2D eigenvalue weighted by atomic mass is 9.96. The molecular formula is C13H19BrFNO. The molecule has 0 spiro atoms. The second kappa shape index (κ2) is 6.47. The van der Waals surface area contributed by atoms with Gasteiger partial charge in [-0.25, -0.2) is 4.39 Å². The van der Waals surface area contributed by atoms with Crippen LogP contribution in [0.3, 0.4) is 0 Å². The summed E-state index contributed by atoms with van der Waals surface area (Å²) < 4.78 is 13.4. The van der Waals surface area contributed by atoms with Crippen molar-refractivity contribution < 1.29 is 9.50 Å². The van der Waals surface area contributed by atoms with Crippen LogP contribution >= 0.6 is 15.9 Å². The third-order valence-electron chi connectivity index (χ3n) is 2.78. The molecular weight excluding hydrogens is 285 g/mol. The molecule has 0 saturated carbocycles. The maximum Gasteiger partial charge on any atom is 0.137 e. The maximum atomic E-state index is 13.1. The lowest BCUT2D eigenvalue weighted by molar-refractivity contribution is 0.128. The molecule has 1 aromatic carbocycles. The minimum absolute atomic E-state index is 0.322. The van der Waals surface area contributed by atoms with Crippen molar-refractivity contribution >= 4 is 15.9 Å². The van der Waals surface area contributed by atoms with Crippen LogP contribution in [0.1, 0.15) is 38.3 Å². The van der Waals surface area contributed by atoms with E-state index in [9.17, 15) is 9.50 Å². The Balaban J connectivity index is 2.67. The van der Waals surface area contributed by atoms with Gasteiger partial charge in [0.05, 0.1) is 16.6 Å². The van der Waals surface area contributed by atoms with E-state index < -0.39 is 12.1 Å². The summed E-state index contributed by atoms with van der Waals surface area (Å²) in [4.78, 5) is 0. The molecule has 17 heavy (non-hydrogen) atoms. The Morgan fingerprint density at radius 1 is 1.35 bits per heavy atom. The first-order valence-corrected chi connectivity index (χ1v) is 6.59. The summed E-state index contributed by atoms with van der Waals surface area (Å²) in [5.74, 6) is 0.217. The number of aliphatic hydroxyl groups excluding tert-OH is 1. The molecule has 0 bridgehead atoms. The number of halogens is 2. The van der Waals surface area contributed by atoms with E-state index in [2.05, 4.69) is 29.8 Å². The third-order valence-corrected chi connectivity index (χ3v) is 3.39. The van der Waals surface area contributed by atoms with Gasteiger partial charge in [-0.1, -0.05) is 19.9 Å². The summed E-state index contributed by atoms with van der Waals surface area (Å²) in [7, 11) is 0. The molecule has 0 saturated heterocycles. The minimum atomic E-state index is -0.588. The van der Waals surface area contributed by atoms with Gasteiger partial charge in [0.1, 0.15) is 5.82 Å². The van der Waals surface area contributed by atoms with Crippen LogP contribution in [-0.4, -0.2) is 11.2 Å². The van der Waals surface area contributed by atoms with Crippen molar-refractivity contribution in [3.8, 4) is 0 Å². The normalized spacial score (nSPS) is 15.0. The lowest BCUT2D eigenvalue weighted by Crippen LogP contribution is -2.26. The summed E-state index contributed by atoms with van der Waals surface area (Å²) in [5.41, 5.74) is 6.70. The van der Waals surface area contributed by atoms with E-state index in [0.717, 1.165) is 12.0 Å². The van der Waals surface area contributed by atoms with Crippen molar-refractivity contribution in [1.29, 1.82) is 0 Å². The van der Waals surface area contributed by atoms with E-state index in [4.69, 9.17) is 5.73 Å². The first kappa shape index (κ1) is 14.6. The summed E-state index contributed by atoms with van der Waals surface area (Å²) in [5, 5.41) is 9.95. The second-order valence-electron chi connectivity index (χ2n) is 4.74. The van der Waals surface area contributed by atoms with Crippen LogP contribution in [0.5, 0.6) is 0 Å². The van der Waals surface area contributed by atoms with Crippen LogP contribution in [-0.2, 0) is 0 Å². The number of rotatable bonds is 5. The quantitative estimate of drug-likeness (QED) is 0.876. The van der Waals surface area contributed by atoms with Crippen LogP contribution in [0.2, 0.25) is 0 Å². The molecule has 0 unspecified atom stereocenters. The molecule has 2 nitrogen and oxygen atoms in total. The van der Waals surface area contributed by atoms with Crippen LogP contribution < -0.4 is 5.73 Å². The number of aliphatic hydroxyl groups is 1. The predicted molar refractivity (Wildman–Crippen MR) is 71.1 cm³/mol. The van der Waals surface area contributed by atoms with Crippen LogP contribution in [0, 0.1) is 11.7 Å². The number of nitrogens with two attached hydrogens (primary N) is 1. The van der Waals surface area contributed by atoms with E-state index >= 15 is 0 Å². The van der Waals surface area contributed by atoms with E-state index in [-0.39, 0.29) is 5.82 Å². The molecule has 0 radical (unpaired) electrons. The zero-order valence-electron chi connectivity index (χ0n) is 10.2. The van der Waals surface area contributed by atoms with Crippen molar-refractivity contribution in [3.05, 3.63) is 34.1 Å². The third kappa shape index (κ3) is 4.37. The Bertz CT molecular complexity index is 370. The first-order chi connectivity index (χ1) is 7.91. The number of benzene rings is 1. The highest BCUT2D eigenvalue weighted by Crippen LogP contribution is 2.24. The minimum Gasteiger partial charge on any atom is -0.391 e. The summed E-state index contributed by atoms with van der Waals surface area (Å²) in [6.45, 7) is 4.21. The zero-order chi connectivity index (χ0) is 13.0. The van der Waals surface area contributed by atoms with E-state index in [1.54, 1.807) is 12.1 Å². The van der Waals surface area contributed by atoms with Gasteiger partial charge in [-0.15, -0.1) is 0 Å². The lowest BCUT2D eigenvalue weighted by Gasteiger charge is -2.20. The molecule has 0 aliphatic carbocycles. The monoisotopic (exact) mass is 303 g/mol. The van der Waals surface area contributed by atoms with Gasteiger partial charge in [0, 0.05) is 0 Å². The molecule has 0 heterocycles. The SMILES string of the molecule is CC(C)CC[C@@H](O)[C@@H](N)c1ccc(F)c(Br)c1. The highest BCUT2D eigenvalue weighted by Gasteiger charge is 2.17. The highest BCUT2D eigenvalue weighted by atomic mass is 79.9. The molecule has 1 aromatic rings. The molecule has 3 N–H and O–H groups in total. The van der Waals surface area contributed by atoms with Crippen molar-refractivity contribution in [2.75, 3.05) is 0 Å². The van der Waals surface area contributed by atoms with Gasteiger partial charge in [0.25, 0.3) is 0 Å². The van der Waals surface area contributed by atoms with Crippen LogP contribution in [0.4, 0.5) is 4.39 Å². The maximum absolute atomic E-state index is 13.1. The molecule has 0 amide bonds. The molecule has 96 valence electrons. The summed E-state index contributed by atoms with van der Waals surface area (Å²) >= 11 is 3.11. The molecule has 1 rings (SSSR count). The standard InChI is InChI=1S/C13H19BrFNO/c1-8(2)3-6-12(17)13(16)9-4-5-11(15)10(14)7-9/h4-5,7-8,12-13,17H,3,6,16H2,1-2H3/t12-,13+/m1/s1. The topological polar surface area (TPSA) is 46.2 Å². The van der Waals surface area contributed by atoms with Crippen molar-refractivity contribution in [3.63, 3.8) is 0 Å². The fraction of sp³-hybridized carbons (Fsp3) is 0.538. The number of hydrogen-bond donors (Lipinski definition) is 2. The van der Waals surface area contributed by atoms with Gasteiger partial charge in [-0.2, -0.15) is 0 Å². The van der Waals surface area contributed by atoms with Gasteiger partial charge < -0.3 is 10.8 Å². The Morgan fingerprint density at radius 3 is 2.53 bits per heavy atom. The largest absolute Gasteiger partial charge is 0.391 e. The van der Waals surface area contributed by atoms with Gasteiger partial charge in [-0.3, -0.25) is 0 Å². The molecule has 0 aliphatic rings. The van der Waals surface area contributed by atoms with Crippen molar-refractivity contribution in [2.45, 2.75) is 38.8 Å². The Morgan fingerprint density at radius 2 is 2.00 bits per heavy atom. The summed E-state index contributed by atoms with van der Waals surface area (Å²) in [6.07, 6.45) is 1.00. The second-order valence-corrected chi connectivity index (χ2v) is 5.59. The number of hydrogen-bond acceptors (Lipinski definition) is 2. The Kier molecular flexibility index (Phi) is 5.56. The van der Waals surface area contributed by atoms with Gasteiger partial charge in [-0.05, 0) is 52.4 Å². The zero-order valence-corrected chi connectivity index (χ0v) is 11.7. The van der Waals surface area contributed by atoms with Gasteiger partial charge in [0.2, 0.25) is 0 Å². The summed E-state index contributed by atoms with van der Waals surface area (Å²) in [6, 6.07) is 4.13. The molecule has 0 aromatic heterocycles. The predicted octanol–water partition coefficient (Wildman–Crippen LogP) is 3.39. The van der Waals surface area contributed by atoms with E-state index in [1.165, 1.54) is 6.07 Å². The fourth-order valence-electron chi connectivity index (χ4n) is 1.63. The van der Waals surface area contributed by atoms with Crippen molar-refractivity contribution in [2.24, 2.45) is 11.7 Å². The van der Waals surface area contributed by atoms with Gasteiger partial charge >= 0.3 is 0 Å². The van der Waals surface area contributed by atoms with Crippen molar-refractivity contribution in [1.82, 2.24) is 0 Å². The first-order valence-electron chi connectivity index (χ1n) is 5.80. The molecule has 0 fully saturated rings. The van der Waals surface area contributed by atoms with Gasteiger partial charge in [0.15, 0.2) is 0 Å². The average molecular weight is 304 g/mol. The van der Waals surface area contributed by atoms with E-state index in [1.807, 2.05) is 0 Å². The average Bonchev–Trinajstić information content (AvgIpc) is 2.28. The molecule has 2 atom stereocenters. The smallest absolute Gasteiger partial charge is 0.137 e. The highest BCUT2D eigenvalue weighted by molar-refractivity contribution is 9.10. The Labute approximate surface area is 110 Å². The molecule has 4 heteroatoms. The molecule has 0 aliphatic heterocycles. The van der Waals surface area contributed by atoms with Crippen LogP contribution in [0.25, 0.3) is 0 Å². The Hall–Kier alpha value is -0.450.